The molecule has 0 spiro atoms. The van der Waals surface area contributed by atoms with Crippen molar-refractivity contribution in [1.29, 1.82) is 0 Å². The molecule has 3 rings (SSSR count). The van der Waals surface area contributed by atoms with E-state index in [9.17, 15) is 0 Å². The van der Waals surface area contributed by atoms with Gasteiger partial charge in [-0.2, -0.15) is 0 Å². The lowest BCUT2D eigenvalue weighted by Gasteiger charge is -2.30. The Balaban J connectivity index is 0.00000120. The van der Waals surface area contributed by atoms with E-state index in [1.165, 1.54) is 18.4 Å². The van der Waals surface area contributed by atoms with Gasteiger partial charge in [-0.1, -0.05) is 24.3 Å². The smallest absolute Gasteiger partial charge is 0.0233 e. The van der Waals surface area contributed by atoms with E-state index in [0.717, 1.165) is 38.4 Å². The molecule has 1 saturated carbocycles. The fourth-order valence-corrected chi connectivity index (χ4v) is 2.73. The van der Waals surface area contributed by atoms with Crippen LogP contribution in [-0.4, -0.2) is 24.0 Å². The molecule has 2 fully saturated rings. The lowest BCUT2D eigenvalue weighted by Crippen LogP contribution is -2.39. The summed E-state index contributed by atoms with van der Waals surface area (Å²) in [5, 5.41) is 0. The van der Waals surface area contributed by atoms with Gasteiger partial charge in [0, 0.05) is 12.6 Å². The fourth-order valence-electron chi connectivity index (χ4n) is 2.73. The summed E-state index contributed by atoms with van der Waals surface area (Å²) in [5.41, 5.74) is 8.96. The van der Waals surface area contributed by atoms with Crippen molar-refractivity contribution in [3.63, 3.8) is 0 Å². The first-order valence-electron chi connectivity index (χ1n) is 6.88. The van der Waals surface area contributed by atoms with E-state index in [4.69, 9.17) is 5.73 Å². The van der Waals surface area contributed by atoms with Gasteiger partial charge in [0.2, 0.25) is 0 Å². The molecule has 1 heterocycles. The fraction of sp³-hybridized carbons (Fsp3) is 0.600. The molecule has 18 heavy (non-hydrogen) atoms. The SMILES string of the molecule is Cl.NC1CCN(Cc2cccc(C3CC3)c2)CC1. The molecule has 2 N–H and O–H groups in total. The number of rotatable bonds is 3. The van der Waals surface area contributed by atoms with Gasteiger partial charge in [-0.25, -0.2) is 0 Å². The van der Waals surface area contributed by atoms with Crippen LogP contribution in [0, 0.1) is 0 Å². The Morgan fingerprint density at radius 2 is 1.83 bits per heavy atom. The summed E-state index contributed by atoms with van der Waals surface area (Å²) in [5.74, 6) is 0.865. The van der Waals surface area contributed by atoms with Crippen LogP contribution < -0.4 is 5.73 Å². The number of nitrogens with two attached hydrogens (primary N) is 1. The second-order valence-electron chi connectivity index (χ2n) is 5.63. The molecule has 0 unspecified atom stereocenters. The first kappa shape index (κ1) is 13.9. The number of piperidine rings is 1. The summed E-state index contributed by atoms with van der Waals surface area (Å²) >= 11 is 0. The minimum absolute atomic E-state index is 0. The molecule has 0 bridgehead atoms. The van der Waals surface area contributed by atoms with Crippen LogP contribution in [0.1, 0.15) is 42.7 Å². The highest BCUT2D eigenvalue weighted by atomic mass is 35.5. The van der Waals surface area contributed by atoms with Gasteiger partial charge in [-0.3, -0.25) is 4.90 Å². The first-order chi connectivity index (χ1) is 8.31. The van der Waals surface area contributed by atoms with Crippen molar-refractivity contribution < 1.29 is 0 Å². The topological polar surface area (TPSA) is 29.3 Å². The zero-order chi connectivity index (χ0) is 11.7. The average molecular weight is 267 g/mol. The Labute approximate surface area is 116 Å². The van der Waals surface area contributed by atoms with E-state index in [1.807, 2.05) is 0 Å². The molecule has 2 aliphatic rings. The number of halogens is 1. The minimum Gasteiger partial charge on any atom is -0.328 e. The van der Waals surface area contributed by atoms with Gasteiger partial charge in [-0.05, 0) is 55.8 Å². The quantitative estimate of drug-likeness (QED) is 0.912. The third-order valence-corrected chi connectivity index (χ3v) is 4.04. The Kier molecular flexibility index (Phi) is 4.66. The molecule has 1 aliphatic carbocycles. The Morgan fingerprint density at radius 3 is 2.50 bits per heavy atom. The molecule has 3 heteroatoms. The number of likely N-dealkylation sites (tertiary alicyclic amines) is 1. The van der Waals surface area contributed by atoms with Gasteiger partial charge in [0.1, 0.15) is 0 Å². The molecule has 1 aliphatic heterocycles. The second kappa shape index (κ2) is 6.05. The molecule has 0 atom stereocenters. The molecule has 0 radical (unpaired) electrons. The maximum Gasteiger partial charge on any atom is 0.0233 e. The van der Waals surface area contributed by atoms with Crippen LogP contribution in [0.5, 0.6) is 0 Å². The van der Waals surface area contributed by atoms with E-state index in [1.54, 1.807) is 5.56 Å². The van der Waals surface area contributed by atoms with Gasteiger partial charge < -0.3 is 5.73 Å². The van der Waals surface area contributed by atoms with Crippen LogP contribution in [0.25, 0.3) is 0 Å². The number of hydrogen-bond acceptors (Lipinski definition) is 2. The molecule has 1 saturated heterocycles. The first-order valence-corrected chi connectivity index (χ1v) is 6.88. The largest absolute Gasteiger partial charge is 0.328 e. The third kappa shape index (κ3) is 3.47. The Morgan fingerprint density at radius 1 is 1.11 bits per heavy atom. The molecular formula is C15H23ClN2. The van der Waals surface area contributed by atoms with E-state index in [-0.39, 0.29) is 12.4 Å². The van der Waals surface area contributed by atoms with Crippen LogP contribution in [0.2, 0.25) is 0 Å². The average Bonchev–Trinajstić information content (AvgIpc) is 3.17. The maximum absolute atomic E-state index is 5.94. The van der Waals surface area contributed by atoms with Gasteiger partial charge in [0.05, 0.1) is 0 Å². The van der Waals surface area contributed by atoms with Crippen molar-refractivity contribution in [2.24, 2.45) is 5.73 Å². The second-order valence-corrected chi connectivity index (χ2v) is 5.63. The predicted molar refractivity (Wildman–Crippen MR) is 78.2 cm³/mol. The zero-order valence-electron chi connectivity index (χ0n) is 10.8. The number of benzene rings is 1. The molecular weight excluding hydrogens is 244 g/mol. The Bertz CT molecular complexity index is 382. The van der Waals surface area contributed by atoms with Crippen LogP contribution in [0.15, 0.2) is 24.3 Å². The molecule has 0 amide bonds. The summed E-state index contributed by atoms with van der Waals surface area (Å²) in [7, 11) is 0. The van der Waals surface area contributed by atoms with E-state index < -0.39 is 0 Å². The van der Waals surface area contributed by atoms with Crippen molar-refractivity contribution in [2.75, 3.05) is 13.1 Å². The monoisotopic (exact) mass is 266 g/mol. The van der Waals surface area contributed by atoms with Gasteiger partial charge in [0.15, 0.2) is 0 Å². The van der Waals surface area contributed by atoms with Crippen molar-refractivity contribution >= 4 is 12.4 Å². The van der Waals surface area contributed by atoms with Crippen molar-refractivity contribution in [2.45, 2.75) is 44.2 Å². The lowest BCUT2D eigenvalue weighted by molar-refractivity contribution is 0.205. The highest BCUT2D eigenvalue weighted by molar-refractivity contribution is 5.85. The summed E-state index contributed by atoms with van der Waals surface area (Å²) in [6.45, 7) is 3.43. The lowest BCUT2D eigenvalue weighted by atomic mass is 10.0. The zero-order valence-corrected chi connectivity index (χ0v) is 11.7. The standard InChI is InChI=1S/C15H22N2.ClH/c16-15-6-8-17(9-7-15)11-12-2-1-3-14(10-12)13-4-5-13;/h1-3,10,13,15H,4-9,11,16H2;1H. The number of nitrogens with zero attached hydrogens (tertiary/aromatic N) is 1. The van der Waals surface area contributed by atoms with Crippen LogP contribution >= 0.6 is 12.4 Å². The molecule has 0 aromatic heterocycles. The third-order valence-electron chi connectivity index (χ3n) is 4.04. The van der Waals surface area contributed by atoms with Gasteiger partial charge >= 0.3 is 0 Å². The van der Waals surface area contributed by atoms with Crippen molar-refractivity contribution in [3.05, 3.63) is 35.4 Å². The van der Waals surface area contributed by atoms with Crippen LogP contribution in [-0.2, 0) is 6.54 Å². The highest BCUT2D eigenvalue weighted by Gasteiger charge is 2.23. The summed E-state index contributed by atoms with van der Waals surface area (Å²) in [6.07, 6.45) is 5.09. The van der Waals surface area contributed by atoms with E-state index >= 15 is 0 Å². The van der Waals surface area contributed by atoms with Gasteiger partial charge in [0.25, 0.3) is 0 Å². The molecule has 1 aromatic carbocycles. The highest BCUT2D eigenvalue weighted by Crippen LogP contribution is 2.40. The van der Waals surface area contributed by atoms with Crippen LogP contribution in [0.3, 0.4) is 0 Å². The van der Waals surface area contributed by atoms with Crippen LogP contribution in [0.4, 0.5) is 0 Å². The minimum atomic E-state index is 0. The maximum atomic E-state index is 5.94. The Hall–Kier alpha value is -0.570. The van der Waals surface area contributed by atoms with E-state index in [2.05, 4.69) is 29.2 Å². The van der Waals surface area contributed by atoms with Crippen molar-refractivity contribution in [3.8, 4) is 0 Å². The van der Waals surface area contributed by atoms with Crippen molar-refractivity contribution in [1.82, 2.24) is 4.90 Å². The predicted octanol–water partition coefficient (Wildman–Crippen LogP) is 2.91. The normalized spacial score (nSPS) is 21.6. The molecule has 1 aromatic rings. The summed E-state index contributed by atoms with van der Waals surface area (Å²) in [6, 6.07) is 9.61. The summed E-state index contributed by atoms with van der Waals surface area (Å²) < 4.78 is 0. The molecule has 100 valence electrons. The molecule has 2 nitrogen and oxygen atoms in total. The summed E-state index contributed by atoms with van der Waals surface area (Å²) in [4.78, 5) is 2.54. The number of hydrogen-bond donors (Lipinski definition) is 1. The van der Waals surface area contributed by atoms with E-state index in [0.29, 0.717) is 6.04 Å². The van der Waals surface area contributed by atoms with Gasteiger partial charge in [-0.15, -0.1) is 12.4 Å².